The molecule has 1 fully saturated rings. The highest BCUT2D eigenvalue weighted by molar-refractivity contribution is 6.00. The summed E-state index contributed by atoms with van der Waals surface area (Å²) in [6.07, 6.45) is 1.65. The first-order valence-electron chi connectivity index (χ1n) is 10.2. The van der Waals surface area contributed by atoms with Gasteiger partial charge in [-0.2, -0.15) is 5.10 Å². The average molecular weight is 438 g/mol. The number of fused-ring (bicyclic) bond motifs is 1. The van der Waals surface area contributed by atoms with Crippen LogP contribution in [0.5, 0.6) is 5.75 Å². The molecule has 164 valence electrons. The minimum atomic E-state index is -2.81. The summed E-state index contributed by atoms with van der Waals surface area (Å²) >= 11 is 0. The standard InChI is InChI=1S/C23H20F2N4O3/c1-31-19-8-3-2-6-14(19)16-12-18(21(24)25)29-22(27-16)15(13-26-29)23(30)28-10-4-7-17(28)20-9-5-11-32-20/h2-3,5-6,8-9,11-13,17,21H,4,7,10H2,1H3/t17-/m1/s1. The van der Waals surface area contributed by atoms with Gasteiger partial charge in [0.05, 0.1) is 31.3 Å². The maximum Gasteiger partial charge on any atom is 0.280 e. The average Bonchev–Trinajstić information content (AvgIpc) is 3.57. The molecule has 4 aromatic rings. The van der Waals surface area contributed by atoms with Crippen molar-refractivity contribution in [1.29, 1.82) is 0 Å². The van der Waals surface area contributed by atoms with E-state index in [0.717, 1.165) is 17.4 Å². The van der Waals surface area contributed by atoms with Gasteiger partial charge in [-0.1, -0.05) is 12.1 Å². The van der Waals surface area contributed by atoms with Gasteiger partial charge in [-0.25, -0.2) is 18.3 Å². The van der Waals surface area contributed by atoms with Crippen LogP contribution >= 0.6 is 0 Å². The lowest BCUT2D eigenvalue weighted by atomic mass is 10.1. The predicted molar refractivity (Wildman–Crippen MR) is 112 cm³/mol. The zero-order valence-corrected chi connectivity index (χ0v) is 17.2. The fourth-order valence-corrected chi connectivity index (χ4v) is 4.23. The first-order valence-corrected chi connectivity index (χ1v) is 10.2. The Morgan fingerprint density at radius 1 is 1.25 bits per heavy atom. The fraction of sp³-hybridized carbons (Fsp3) is 0.261. The van der Waals surface area contributed by atoms with Crippen LogP contribution in [-0.2, 0) is 0 Å². The first-order chi connectivity index (χ1) is 15.6. The molecule has 0 saturated carbocycles. The van der Waals surface area contributed by atoms with Gasteiger partial charge in [0.2, 0.25) is 0 Å². The number of nitrogens with zero attached hydrogens (tertiary/aromatic N) is 4. The Bertz CT molecular complexity index is 1270. The second-order valence-corrected chi connectivity index (χ2v) is 7.53. The Kier molecular flexibility index (Phi) is 5.08. The Labute approximate surface area is 182 Å². The van der Waals surface area contributed by atoms with Crippen molar-refractivity contribution in [2.75, 3.05) is 13.7 Å². The summed E-state index contributed by atoms with van der Waals surface area (Å²) in [5, 5.41) is 4.07. The topological polar surface area (TPSA) is 72.9 Å². The lowest BCUT2D eigenvalue weighted by Gasteiger charge is -2.22. The van der Waals surface area contributed by atoms with Gasteiger partial charge in [-0.15, -0.1) is 0 Å². The van der Waals surface area contributed by atoms with Gasteiger partial charge in [-0.05, 0) is 43.2 Å². The van der Waals surface area contributed by atoms with Crippen molar-refractivity contribution in [2.24, 2.45) is 0 Å². The zero-order valence-electron chi connectivity index (χ0n) is 17.2. The highest BCUT2D eigenvalue weighted by Gasteiger charge is 2.34. The largest absolute Gasteiger partial charge is 0.496 e. The fourth-order valence-electron chi connectivity index (χ4n) is 4.23. The number of rotatable bonds is 5. The molecule has 0 aliphatic carbocycles. The normalized spacial score (nSPS) is 16.2. The maximum absolute atomic E-state index is 13.9. The number of halogens is 2. The van der Waals surface area contributed by atoms with E-state index in [9.17, 15) is 13.6 Å². The smallest absolute Gasteiger partial charge is 0.280 e. The molecule has 3 aromatic heterocycles. The molecule has 1 aliphatic heterocycles. The van der Waals surface area contributed by atoms with Crippen molar-refractivity contribution < 1.29 is 22.7 Å². The number of likely N-dealkylation sites (tertiary alicyclic amines) is 1. The monoisotopic (exact) mass is 438 g/mol. The quantitative estimate of drug-likeness (QED) is 0.443. The van der Waals surface area contributed by atoms with Crippen LogP contribution in [-0.4, -0.2) is 39.1 Å². The number of hydrogen-bond acceptors (Lipinski definition) is 5. The first kappa shape index (κ1) is 20.2. The van der Waals surface area contributed by atoms with Gasteiger partial charge in [0.15, 0.2) is 5.65 Å². The van der Waals surface area contributed by atoms with E-state index in [0.29, 0.717) is 23.6 Å². The molecule has 1 atom stereocenters. The molecule has 0 bridgehead atoms. The third-order valence-corrected chi connectivity index (χ3v) is 5.72. The van der Waals surface area contributed by atoms with E-state index in [4.69, 9.17) is 9.15 Å². The van der Waals surface area contributed by atoms with E-state index in [1.54, 1.807) is 41.5 Å². The molecule has 1 aromatic carbocycles. The van der Waals surface area contributed by atoms with Crippen molar-refractivity contribution >= 4 is 11.6 Å². The summed E-state index contributed by atoms with van der Waals surface area (Å²) in [7, 11) is 1.50. The number of carbonyl (C=O) groups excluding carboxylic acids is 1. The molecular formula is C23H20F2N4O3. The number of benzene rings is 1. The lowest BCUT2D eigenvalue weighted by molar-refractivity contribution is 0.0721. The number of amides is 1. The molecule has 0 unspecified atom stereocenters. The molecule has 1 aliphatic rings. The van der Waals surface area contributed by atoms with Crippen LogP contribution in [0, 0.1) is 0 Å². The van der Waals surface area contributed by atoms with Crippen molar-refractivity contribution in [3.05, 3.63) is 71.9 Å². The second kappa shape index (κ2) is 8.07. The molecule has 4 heterocycles. The van der Waals surface area contributed by atoms with Crippen LogP contribution in [0.25, 0.3) is 16.9 Å². The van der Waals surface area contributed by atoms with Crippen molar-refractivity contribution in [2.45, 2.75) is 25.3 Å². The molecule has 32 heavy (non-hydrogen) atoms. The second-order valence-electron chi connectivity index (χ2n) is 7.53. The van der Waals surface area contributed by atoms with E-state index in [1.807, 2.05) is 6.07 Å². The lowest BCUT2D eigenvalue weighted by Crippen LogP contribution is -2.30. The van der Waals surface area contributed by atoms with Crippen molar-refractivity contribution in [3.63, 3.8) is 0 Å². The van der Waals surface area contributed by atoms with E-state index in [2.05, 4.69) is 10.1 Å². The minimum absolute atomic E-state index is 0.0822. The Morgan fingerprint density at radius 3 is 2.84 bits per heavy atom. The number of alkyl halides is 2. The number of furan rings is 1. The van der Waals surface area contributed by atoms with Crippen LogP contribution in [0.3, 0.4) is 0 Å². The number of methoxy groups -OCH3 is 1. The molecule has 7 nitrogen and oxygen atoms in total. The van der Waals surface area contributed by atoms with Gasteiger partial charge in [0.1, 0.15) is 22.8 Å². The van der Waals surface area contributed by atoms with Crippen LogP contribution < -0.4 is 4.74 Å². The molecule has 0 N–H and O–H groups in total. The Balaban J connectivity index is 1.63. The number of para-hydroxylation sites is 1. The van der Waals surface area contributed by atoms with Crippen LogP contribution in [0.15, 0.2) is 59.3 Å². The number of hydrogen-bond donors (Lipinski definition) is 0. The van der Waals surface area contributed by atoms with Crippen LogP contribution in [0.2, 0.25) is 0 Å². The molecule has 5 rings (SSSR count). The molecule has 0 spiro atoms. The highest BCUT2D eigenvalue weighted by Crippen LogP contribution is 2.35. The SMILES string of the molecule is COc1ccccc1-c1cc(C(F)F)n2ncc(C(=O)N3CCC[C@@H]3c3ccco3)c2n1. The summed E-state index contributed by atoms with van der Waals surface area (Å²) in [5.74, 6) is 0.876. The van der Waals surface area contributed by atoms with Crippen LogP contribution in [0.1, 0.15) is 47.1 Å². The van der Waals surface area contributed by atoms with E-state index >= 15 is 0 Å². The van der Waals surface area contributed by atoms with Gasteiger partial charge < -0.3 is 14.1 Å². The zero-order chi connectivity index (χ0) is 22.2. The molecule has 1 amide bonds. The maximum atomic E-state index is 13.9. The summed E-state index contributed by atoms with van der Waals surface area (Å²) in [6.45, 7) is 0.537. The van der Waals surface area contributed by atoms with E-state index in [1.165, 1.54) is 19.4 Å². The summed E-state index contributed by atoms with van der Waals surface area (Å²) < 4.78 is 39.7. The van der Waals surface area contributed by atoms with Gasteiger partial charge in [-0.3, -0.25) is 4.79 Å². The molecule has 1 saturated heterocycles. The molecular weight excluding hydrogens is 418 g/mol. The van der Waals surface area contributed by atoms with E-state index in [-0.39, 0.29) is 34.5 Å². The summed E-state index contributed by atoms with van der Waals surface area (Å²) in [6, 6.07) is 11.7. The number of aromatic nitrogens is 3. The number of carbonyl (C=O) groups is 1. The van der Waals surface area contributed by atoms with Gasteiger partial charge in [0.25, 0.3) is 12.3 Å². The number of ether oxygens (including phenoxy) is 1. The van der Waals surface area contributed by atoms with Crippen molar-refractivity contribution in [1.82, 2.24) is 19.5 Å². The predicted octanol–water partition coefficient (Wildman–Crippen LogP) is 4.91. The summed E-state index contributed by atoms with van der Waals surface area (Å²) in [5.41, 5.74) is 0.734. The Hall–Kier alpha value is -3.75. The Morgan fingerprint density at radius 2 is 2.09 bits per heavy atom. The third kappa shape index (κ3) is 3.30. The van der Waals surface area contributed by atoms with Gasteiger partial charge >= 0.3 is 0 Å². The third-order valence-electron chi connectivity index (χ3n) is 5.72. The summed E-state index contributed by atoms with van der Waals surface area (Å²) in [4.78, 5) is 19.7. The molecule has 9 heteroatoms. The minimum Gasteiger partial charge on any atom is -0.496 e. The molecule has 0 radical (unpaired) electrons. The van der Waals surface area contributed by atoms with Crippen molar-refractivity contribution in [3.8, 4) is 17.0 Å². The van der Waals surface area contributed by atoms with Gasteiger partial charge in [0, 0.05) is 12.1 Å². The highest BCUT2D eigenvalue weighted by atomic mass is 19.3. The van der Waals surface area contributed by atoms with Crippen LogP contribution in [0.4, 0.5) is 8.78 Å². The van der Waals surface area contributed by atoms with E-state index < -0.39 is 6.43 Å².